The molecule has 0 bridgehead atoms. The molecule has 0 aromatic carbocycles. The molecule has 0 atom stereocenters. The van der Waals surface area contributed by atoms with Crippen LogP contribution in [0.15, 0.2) is 0 Å². The number of urea groups is 1. The second kappa shape index (κ2) is 6.53. The molecule has 0 radical (unpaired) electrons. The Hall–Kier alpha value is -2.03. The number of hydrogen-bond acceptors (Lipinski definition) is 3. The van der Waals surface area contributed by atoms with E-state index >= 15 is 0 Å². The van der Waals surface area contributed by atoms with Crippen molar-refractivity contribution in [1.82, 2.24) is 10.6 Å². The number of terminal acetylenes is 1. The smallest absolute Gasteiger partial charge is 0.322 e. The van der Waals surface area contributed by atoms with Crippen LogP contribution in [0, 0.1) is 12.3 Å². The zero-order valence-corrected chi connectivity index (χ0v) is 9.87. The summed E-state index contributed by atoms with van der Waals surface area (Å²) in [6.45, 7) is 3.23. The number of aliphatic carboxylic acids is 1. The molecule has 0 aliphatic rings. The van der Waals surface area contributed by atoms with Gasteiger partial charge < -0.3 is 10.4 Å². The summed E-state index contributed by atoms with van der Waals surface area (Å²) in [5.41, 5.74) is -0.842. The first kappa shape index (κ1) is 15.0. The molecule has 17 heavy (non-hydrogen) atoms. The maximum absolute atomic E-state index is 11.3. The van der Waals surface area contributed by atoms with E-state index in [-0.39, 0.29) is 19.3 Å². The zero-order chi connectivity index (χ0) is 13.5. The molecule has 0 fully saturated rings. The molecule has 3 N–H and O–H groups in total. The van der Waals surface area contributed by atoms with Gasteiger partial charge in [-0.25, -0.2) is 4.79 Å². The van der Waals surface area contributed by atoms with Gasteiger partial charge in [-0.05, 0) is 20.3 Å². The van der Waals surface area contributed by atoms with Crippen LogP contribution < -0.4 is 10.6 Å². The quantitative estimate of drug-likeness (QED) is 0.609. The van der Waals surface area contributed by atoms with E-state index in [0.29, 0.717) is 0 Å². The van der Waals surface area contributed by atoms with Crippen molar-refractivity contribution >= 4 is 17.9 Å². The van der Waals surface area contributed by atoms with Gasteiger partial charge in [-0.2, -0.15) is 0 Å². The van der Waals surface area contributed by atoms with Gasteiger partial charge in [0.25, 0.3) is 0 Å². The van der Waals surface area contributed by atoms with E-state index in [1.165, 1.54) is 0 Å². The molecule has 0 aliphatic heterocycles. The Bertz CT molecular complexity index is 355. The van der Waals surface area contributed by atoms with E-state index in [1.54, 1.807) is 13.8 Å². The SMILES string of the molecule is C#CC(C)(C)NC(=O)NC(=O)CCCC(=O)O. The lowest BCUT2D eigenvalue weighted by molar-refractivity contribution is -0.137. The fraction of sp³-hybridized carbons (Fsp3) is 0.545. The fourth-order valence-corrected chi connectivity index (χ4v) is 0.940. The largest absolute Gasteiger partial charge is 0.481 e. The summed E-state index contributed by atoms with van der Waals surface area (Å²) in [5.74, 6) is 0.835. The second-order valence-electron chi connectivity index (χ2n) is 4.02. The van der Waals surface area contributed by atoms with Crippen molar-refractivity contribution in [2.45, 2.75) is 38.6 Å². The predicted octanol–water partition coefficient (Wildman–Crippen LogP) is 0.479. The molecule has 0 heterocycles. The topological polar surface area (TPSA) is 95.5 Å². The number of carboxylic acids is 1. The molecular formula is C11H16N2O4. The summed E-state index contributed by atoms with van der Waals surface area (Å²) >= 11 is 0. The molecule has 94 valence electrons. The third-order valence-electron chi connectivity index (χ3n) is 1.83. The lowest BCUT2D eigenvalue weighted by Gasteiger charge is -2.19. The summed E-state index contributed by atoms with van der Waals surface area (Å²) in [4.78, 5) is 32.7. The minimum atomic E-state index is -0.976. The summed E-state index contributed by atoms with van der Waals surface area (Å²) in [7, 11) is 0. The molecule has 0 rings (SSSR count). The number of rotatable bonds is 5. The maximum Gasteiger partial charge on any atom is 0.322 e. The Labute approximate surface area is 99.8 Å². The van der Waals surface area contributed by atoms with Crippen molar-refractivity contribution in [2.75, 3.05) is 0 Å². The van der Waals surface area contributed by atoms with Crippen LogP contribution in [0.2, 0.25) is 0 Å². The van der Waals surface area contributed by atoms with E-state index < -0.39 is 23.4 Å². The Morgan fingerprint density at radius 3 is 2.35 bits per heavy atom. The van der Waals surface area contributed by atoms with Crippen molar-refractivity contribution < 1.29 is 19.5 Å². The van der Waals surface area contributed by atoms with Crippen molar-refractivity contribution in [3.8, 4) is 12.3 Å². The fourth-order valence-electron chi connectivity index (χ4n) is 0.940. The highest BCUT2D eigenvalue weighted by molar-refractivity contribution is 5.94. The van der Waals surface area contributed by atoms with Crippen molar-refractivity contribution in [1.29, 1.82) is 0 Å². The maximum atomic E-state index is 11.3. The lowest BCUT2D eigenvalue weighted by Crippen LogP contribution is -2.49. The summed E-state index contributed by atoms with van der Waals surface area (Å²) in [6.07, 6.45) is 5.22. The summed E-state index contributed by atoms with van der Waals surface area (Å²) < 4.78 is 0. The molecule has 0 aliphatic carbocycles. The van der Waals surface area contributed by atoms with Crippen LogP contribution in [0.25, 0.3) is 0 Å². The number of nitrogens with one attached hydrogen (secondary N) is 2. The first-order chi connectivity index (χ1) is 7.76. The van der Waals surface area contributed by atoms with Gasteiger partial charge in [0, 0.05) is 12.8 Å². The lowest BCUT2D eigenvalue weighted by atomic mass is 10.1. The van der Waals surface area contributed by atoms with Crippen LogP contribution in [-0.2, 0) is 9.59 Å². The Morgan fingerprint density at radius 1 is 1.29 bits per heavy atom. The molecule has 3 amide bonds. The van der Waals surface area contributed by atoms with E-state index in [9.17, 15) is 14.4 Å². The molecule has 6 nitrogen and oxygen atoms in total. The van der Waals surface area contributed by atoms with E-state index in [0.717, 1.165) is 0 Å². The highest BCUT2D eigenvalue weighted by atomic mass is 16.4. The number of imide groups is 1. The van der Waals surface area contributed by atoms with Gasteiger partial charge in [-0.15, -0.1) is 6.42 Å². The number of hydrogen-bond donors (Lipinski definition) is 3. The van der Waals surface area contributed by atoms with Gasteiger partial charge in [-0.3, -0.25) is 14.9 Å². The molecular weight excluding hydrogens is 224 g/mol. The molecule has 0 aromatic rings. The van der Waals surface area contributed by atoms with Crippen LogP contribution in [0.5, 0.6) is 0 Å². The average Bonchev–Trinajstić information content (AvgIpc) is 2.15. The first-order valence-electron chi connectivity index (χ1n) is 5.08. The minimum Gasteiger partial charge on any atom is -0.481 e. The number of carbonyl (C=O) groups is 3. The van der Waals surface area contributed by atoms with Crippen LogP contribution in [0.4, 0.5) is 4.79 Å². The standard InChI is InChI=1S/C11H16N2O4/c1-4-11(2,3)13-10(17)12-8(14)6-5-7-9(15)16/h1H,5-7H2,2-3H3,(H,15,16)(H2,12,13,14,17). The molecule has 0 saturated heterocycles. The van der Waals surface area contributed by atoms with E-state index in [2.05, 4.69) is 16.6 Å². The van der Waals surface area contributed by atoms with Crippen molar-refractivity contribution in [2.24, 2.45) is 0 Å². The minimum absolute atomic E-state index is 0.0177. The highest BCUT2D eigenvalue weighted by Crippen LogP contribution is 1.99. The summed E-state index contributed by atoms with van der Waals surface area (Å²) in [5, 5.41) is 12.8. The highest BCUT2D eigenvalue weighted by Gasteiger charge is 2.18. The van der Waals surface area contributed by atoms with Gasteiger partial charge in [-0.1, -0.05) is 5.92 Å². The van der Waals surface area contributed by atoms with Gasteiger partial charge in [0.15, 0.2) is 0 Å². The third-order valence-corrected chi connectivity index (χ3v) is 1.83. The van der Waals surface area contributed by atoms with Crippen LogP contribution >= 0.6 is 0 Å². The predicted molar refractivity (Wildman–Crippen MR) is 61.1 cm³/mol. The Kier molecular flexibility index (Phi) is 5.75. The van der Waals surface area contributed by atoms with Crippen LogP contribution in [0.1, 0.15) is 33.1 Å². The Balaban J connectivity index is 3.94. The molecule has 0 spiro atoms. The normalized spacial score (nSPS) is 10.2. The van der Waals surface area contributed by atoms with E-state index in [1.807, 2.05) is 0 Å². The number of amides is 3. The van der Waals surface area contributed by atoms with Crippen LogP contribution in [0.3, 0.4) is 0 Å². The first-order valence-corrected chi connectivity index (χ1v) is 5.08. The molecule has 0 unspecified atom stereocenters. The molecule has 0 saturated carbocycles. The monoisotopic (exact) mass is 240 g/mol. The zero-order valence-electron chi connectivity index (χ0n) is 9.87. The Morgan fingerprint density at radius 2 is 1.88 bits per heavy atom. The number of carbonyl (C=O) groups excluding carboxylic acids is 2. The molecule has 0 aromatic heterocycles. The third kappa shape index (κ3) is 7.85. The average molecular weight is 240 g/mol. The van der Waals surface area contributed by atoms with Gasteiger partial charge in [0.2, 0.25) is 5.91 Å². The van der Waals surface area contributed by atoms with Gasteiger partial charge >= 0.3 is 12.0 Å². The van der Waals surface area contributed by atoms with Crippen molar-refractivity contribution in [3.05, 3.63) is 0 Å². The van der Waals surface area contributed by atoms with Crippen LogP contribution in [-0.4, -0.2) is 28.6 Å². The van der Waals surface area contributed by atoms with E-state index in [4.69, 9.17) is 11.5 Å². The second-order valence-corrected chi connectivity index (χ2v) is 4.02. The van der Waals surface area contributed by atoms with Gasteiger partial charge in [0.1, 0.15) is 0 Å². The van der Waals surface area contributed by atoms with Crippen molar-refractivity contribution in [3.63, 3.8) is 0 Å². The molecule has 6 heteroatoms. The number of carboxylic acid groups (broad SMARTS) is 1. The summed E-state index contributed by atoms with van der Waals surface area (Å²) in [6, 6.07) is -0.687. The van der Waals surface area contributed by atoms with Gasteiger partial charge in [0.05, 0.1) is 5.54 Å².